The van der Waals surface area contributed by atoms with E-state index in [2.05, 4.69) is 4.98 Å². The molecule has 14 heavy (non-hydrogen) atoms. The normalized spacial score (nSPS) is 11.9. The van der Waals surface area contributed by atoms with E-state index in [1.165, 1.54) is 0 Å². The first-order valence-electron chi connectivity index (χ1n) is 4.68. The molecule has 0 amide bonds. The predicted molar refractivity (Wildman–Crippen MR) is 56.1 cm³/mol. The predicted octanol–water partition coefficient (Wildman–Crippen LogP) is 2.26. The van der Waals surface area contributed by atoms with Crippen molar-refractivity contribution < 1.29 is 4.84 Å². The molecule has 0 unspecified atom stereocenters. The minimum absolute atomic E-state index is 0.205. The third kappa shape index (κ3) is 1.71. The minimum Gasteiger partial charge on any atom is -0.407 e. The molecule has 74 valence electrons. The summed E-state index contributed by atoms with van der Waals surface area (Å²) in [6.07, 6.45) is 1.70. The molecule has 0 N–H and O–H groups in total. The van der Waals surface area contributed by atoms with E-state index in [0.29, 0.717) is 0 Å². The summed E-state index contributed by atoms with van der Waals surface area (Å²) in [6.45, 7) is 6.05. The second kappa shape index (κ2) is 3.01. The van der Waals surface area contributed by atoms with E-state index >= 15 is 0 Å². The van der Waals surface area contributed by atoms with Gasteiger partial charge in [0.25, 0.3) is 0 Å². The Morgan fingerprint density at radius 1 is 1.21 bits per heavy atom. The molecule has 0 saturated heterocycles. The maximum atomic E-state index is 5.71. The summed E-state index contributed by atoms with van der Waals surface area (Å²) in [7, 11) is 0. The van der Waals surface area contributed by atoms with Crippen LogP contribution in [0.3, 0.4) is 0 Å². The molecule has 0 bridgehead atoms. The summed E-state index contributed by atoms with van der Waals surface area (Å²) >= 11 is 0. The van der Waals surface area contributed by atoms with Crippen molar-refractivity contribution in [2.75, 3.05) is 0 Å². The Hall–Kier alpha value is -1.51. The number of fused-ring (bicyclic) bond motifs is 1. The molecular weight excluding hydrogens is 176 g/mol. The van der Waals surface area contributed by atoms with Gasteiger partial charge in [-0.3, -0.25) is 0 Å². The van der Waals surface area contributed by atoms with E-state index in [0.717, 1.165) is 11.0 Å². The molecule has 1 aromatic heterocycles. The zero-order valence-corrected chi connectivity index (χ0v) is 8.69. The lowest BCUT2D eigenvalue weighted by Crippen LogP contribution is -2.30. The molecule has 0 spiro atoms. The highest BCUT2D eigenvalue weighted by Crippen LogP contribution is 2.13. The van der Waals surface area contributed by atoms with Crippen LogP contribution in [0.1, 0.15) is 20.8 Å². The van der Waals surface area contributed by atoms with Crippen LogP contribution in [0, 0.1) is 0 Å². The van der Waals surface area contributed by atoms with Crippen LogP contribution >= 0.6 is 0 Å². The summed E-state index contributed by atoms with van der Waals surface area (Å²) in [6, 6.07) is 7.91. The van der Waals surface area contributed by atoms with Crippen LogP contribution in [0.15, 0.2) is 30.6 Å². The molecule has 3 nitrogen and oxygen atoms in total. The summed E-state index contributed by atoms with van der Waals surface area (Å²) < 4.78 is 1.72. The SMILES string of the molecule is CC(C)(C)On1cnc2ccccc21. The van der Waals surface area contributed by atoms with Crippen molar-refractivity contribution in [2.45, 2.75) is 26.4 Å². The largest absolute Gasteiger partial charge is 0.407 e. The maximum absolute atomic E-state index is 5.71. The van der Waals surface area contributed by atoms with Crippen molar-refractivity contribution in [3.05, 3.63) is 30.6 Å². The fourth-order valence-corrected chi connectivity index (χ4v) is 1.30. The van der Waals surface area contributed by atoms with Gasteiger partial charge in [0.05, 0.1) is 5.52 Å². The summed E-state index contributed by atoms with van der Waals surface area (Å²) in [5.74, 6) is 0. The van der Waals surface area contributed by atoms with Gasteiger partial charge in [-0.15, -0.1) is 0 Å². The molecule has 0 aliphatic heterocycles. The van der Waals surface area contributed by atoms with Crippen LogP contribution in [-0.2, 0) is 0 Å². The smallest absolute Gasteiger partial charge is 0.133 e. The van der Waals surface area contributed by atoms with Gasteiger partial charge < -0.3 is 4.84 Å². The van der Waals surface area contributed by atoms with Gasteiger partial charge in [0.2, 0.25) is 0 Å². The third-order valence-corrected chi connectivity index (χ3v) is 1.79. The Morgan fingerprint density at radius 2 is 1.93 bits per heavy atom. The monoisotopic (exact) mass is 190 g/mol. The molecule has 1 aromatic carbocycles. The fourth-order valence-electron chi connectivity index (χ4n) is 1.30. The minimum atomic E-state index is -0.205. The van der Waals surface area contributed by atoms with Crippen molar-refractivity contribution >= 4 is 11.0 Å². The Balaban J connectivity index is 2.44. The zero-order chi connectivity index (χ0) is 10.2. The van der Waals surface area contributed by atoms with Crippen molar-refractivity contribution in [1.29, 1.82) is 0 Å². The molecule has 0 fully saturated rings. The van der Waals surface area contributed by atoms with Gasteiger partial charge in [-0.25, -0.2) is 4.98 Å². The summed E-state index contributed by atoms with van der Waals surface area (Å²) in [5.41, 5.74) is 1.75. The quantitative estimate of drug-likeness (QED) is 0.689. The first-order valence-corrected chi connectivity index (χ1v) is 4.68. The highest BCUT2D eigenvalue weighted by atomic mass is 16.7. The van der Waals surface area contributed by atoms with Gasteiger partial charge >= 0.3 is 0 Å². The van der Waals surface area contributed by atoms with Crippen molar-refractivity contribution in [3.8, 4) is 0 Å². The van der Waals surface area contributed by atoms with E-state index in [9.17, 15) is 0 Å². The molecule has 0 aliphatic carbocycles. The Labute approximate surface area is 83.3 Å². The summed E-state index contributed by atoms with van der Waals surface area (Å²) in [5, 5.41) is 0. The molecule has 1 heterocycles. The van der Waals surface area contributed by atoms with Gasteiger partial charge in [0, 0.05) is 0 Å². The lowest BCUT2D eigenvalue weighted by atomic mass is 10.2. The van der Waals surface area contributed by atoms with Crippen LogP contribution in [-0.4, -0.2) is 15.3 Å². The van der Waals surface area contributed by atoms with E-state index in [1.807, 2.05) is 45.0 Å². The topological polar surface area (TPSA) is 27.1 Å². The third-order valence-electron chi connectivity index (χ3n) is 1.79. The van der Waals surface area contributed by atoms with Crippen LogP contribution in [0.5, 0.6) is 0 Å². The lowest BCUT2D eigenvalue weighted by Gasteiger charge is -2.21. The number of hydrogen-bond donors (Lipinski definition) is 0. The number of hydrogen-bond acceptors (Lipinski definition) is 2. The molecule has 0 saturated carbocycles. The zero-order valence-electron chi connectivity index (χ0n) is 8.69. The lowest BCUT2D eigenvalue weighted by molar-refractivity contribution is -0.00901. The Bertz CT molecular complexity index is 440. The molecule has 2 rings (SSSR count). The Kier molecular flexibility index (Phi) is 1.95. The Morgan fingerprint density at radius 3 is 2.64 bits per heavy atom. The highest BCUT2D eigenvalue weighted by Gasteiger charge is 2.13. The molecule has 2 aromatic rings. The number of aromatic nitrogens is 2. The molecule has 0 aliphatic rings. The standard InChI is InChI=1S/C11H14N2O/c1-11(2,3)14-13-8-12-9-6-4-5-7-10(9)13/h4-8H,1-3H3. The second-order valence-corrected chi connectivity index (χ2v) is 4.26. The van der Waals surface area contributed by atoms with Crippen molar-refractivity contribution in [2.24, 2.45) is 0 Å². The highest BCUT2D eigenvalue weighted by molar-refractivity contribution is 5.74. The molecule has 3 heteroatoms. The van der Waals surface area contributed by atoms with E-state index in [4.69, 9.17) is 4.84 Å². The first-order chi connectivity index (χ1) is 6.56. The number of nitrogens with zero attached hydrogens (tertiary/aromatic N) is 2. The van der Waals surface area contributed by atoms with Gasteiger partial charge in [-0.1, -0.05) is 12.1 Å². The summed E-state index contributed by atoms with van der Waals surface area (Å²) in [4.78, 5) is 9.95. The molecular formula is C11H14N2O. The molecule has 0 atom stereocenters. The average molecular weight is 190 g/mol. The van der Waals surface area contributed by atoms with E-state index in [1.54, 1.807) is 11.1 Å². The van der Waals surface area contributed by atoms with Gasteiger partial charge in [0.1, 0.15) is 17.4 Å². The van der Waals surface area contributed by atoms with Crippen LogP contribution in [0.4, 0.5) is 0 Å². The van der Waals surface area contributed by atoms with Crippen LogP contribution in [0.25, 0.3) is 11.0 Å². The fraction of sp³-hybridized carbons (Fsp3) is 0.364. The first kappa shape index (κ1) is 9.06. The number of benzene rings is 1. The number of rotatable bonds is 1. The van der Waals surface area contributed by atoms with Crippen molar-refractivity contribution in [1.82, 2.24) is 9.71 Å². The van der Waals surface area contributed by atoms with Gasteiger partial charge in [-0.2, -0.15) is 4.73 Å². The van der Waals surface area contributed by atoms with Gasteiger partial charge in [-0.05, 0) is 32.9 Å². The van der Waals surface area contributed by atoms with E-state index < -0.39 is 0 Å². The van der Waals surface area contributed by atoms with Crippen LogP contribution in [0.2, 0.25) is 0 Å². The second-order valence-electron chi connectivity index (χ2n) is 4.26. The van der Waals surface area contributed by atoms with E-state index in [-0.39, 0.29) is 5.60 Å². The molecule has 0 radical (unpaired) electrons. The maximum Gasteiger partial charge on any atom is 0.133 e. The number of para-hydroxylation sites is 2. The van der Waals surface area contributed by atoms with Gasteiger partial charge in [0.15, 0.2) is 0 Å². The average Bonchev–Trinajstić information content (AvgIpc) is 2.47. The number of imidazole rings is 1. The van der Waals surface area contributed by atoms with Crippen molar-refractivity contribution in [3.63, 3.8) is 0 Å². The van der Waals surface area contributed by atoms with Crippen LogP contribution < -0.4 is 4.84 Å².